The highest BCUT2D eigenvalue weighted by Crippen LogP contribution is 2.15. The Morgan fingerprint density at radius 1 is 1.35 bits per heavy atom. The number of amides is 2. The molecular formula is C13H20N2O4S. The molecule has 1 aromatic rings. The Balaban J connectivity index is 2.57. The largest absolute Gasteiger partial charge is 0.389 e. The minimum atomic E-state index is -3.09. The fourth-order valence-corrected chi connectivity index (χ4v) is 2.07. The number of benzene rings is 1. The highest BCUT2D eigenvalue weighted by Gasteiger charge is 2.11. The Labute approximate surface area is 119 Å². The molecule has 7 heteroatoms. The van der Waals surface area contributed by atoms with E-state index in [0.717, 1.165) is 11.8 Å². The van der Waals surface area contributed by atoms with E-state index in [1.807, 2.05) is 0 Å². The SMILES string of the molecule is CC(O)c1ccc(NC(=O)N(C)CCS(C)(=O)=O)cc1. The van der Waals surface area contributed by atoms with Crippen LogP contribution in [0.25, 0.3) is 0 Å². The Morgan fingerprint density at radius 3 is 2.35 bits per heavy atom. The van der Waals surface area contributed by atoms with Crippen LogP contribution in [0.4, 0.5) is 10.5 Å². The maximum Gasteiger partial charge on any atom is 0.321 e. The van der Waals surface area contributed by atoms with E-state index in [9.17, 15) is 18.3 Å². The van der Waals surface area contributed by atoms with Crippen molar-refractivity contribution in [1.29, 1.82) is 0 Å². The quantitative estimate of drug-likeness (QED) is 0.857. The molecule has 0 aliphatic rings. The normalized spacial score (nSPS) is 12.8. The number of anilines is 1. The van der Waals surface area contributed by atoms with Gasteiger partial charge in [-0.15, -0.1) is 0 Å². The van der Waals surface area contributed by atoms with Crippen molar-refractivity contribution < 1.29 is 18.3 Å². The second-order valence-electron chi connectivity index (χ2n) is 4.78. The topological polar surface area (TPSA) is 86.7 Å². The van der Waals surface area contributed by atoms with E-state index >= 15 is 0 Å². The number of carbonyl (C=O) groups excluding carboxylic acids is 1. The van der Waals surface area contributed by atoms with Crippen LogP contribution in [0.5, 0.6) is 0 Å². The number of nitrogens with zero attached hydrogens (tertiary/aromatic N) is 1. The van der Waals surface area contributed by atoms with Gasteiger partial charge in [0.2, 0.25) is 0 Å². The summed E-state index contributed by atoms with van der Waals surface area (Å²) in [6.45, 7) is 1.79. The summed E-state index contributed by atoms with van der Waals surface area (Å²) >= 11 is 0. The number of urea groups is 1. The molecule has 0 spiro atoms. The third-order valence-electron chi connectivity index (χ3n) is 2.79. The molecule has 20 heavy (non-hydrogen) atoms. The van der Waals surface area contributed by atoms with Crippen LogP contribution in [0, 0.1) is 0 Å². The van der Waals surface area contributed by atoms with E-state index in [2.05, 4.69) is 5.32 Å². The zero-order chi connectivity index (χ0) is 15.3. The van der Waals surface area contributed by atoms with Crippen LogP contribution in [0.1, 0.15) is 18.6 Å². The molecule has 0 aliphatic carbocycles. The first-order valence-corrected chi connectivity index (χ1v) is 8.23. The summed E-state index contributed by atoms with van der Waals surface area (Å²) < 4.78 is 22.1. The summed E-state index contributed by atoms with van der Waals surface area (Å²) in [5.41, 5.74) is 1.35. The molecule has 1 aromatic carbocycles. The van der Waals surface area contributed by atoms with Gasteiger partial charge in [-0.05, 0) is 24.6 Å². The Hall–Kier alpha value is -1.60. The van der Waals surface area contributed by atoms with Gasteiger partial charge in [0.1, 0.15) is 9.84 Å². The summed E-state index contributed by atoms with van der Waals surface area (Å²) in [5, 5.41) is 12.0. The lowest BCUT2D eigenvalue weighted by Crippen LogP contribution is -2.34. The second-order valence-corrected chi connectivity index (χ2v) is 7.04. The lowest BCUT2D eigenvalue weighted by atomic mass is 10.1. The van der Waals surface area contributed by atoms with Crippen molar-refractivity contribution in [2.45, 2.75) is 13.0 Å². The van der Waals surface area contributed by atoms with Gasteiger partial charge >= 0.3 is 6.03 Å². The monoisotopic (exact) mass is 300 g/mol. The van der Waals surface area contributed by atoms with E-state index in [1.165, 1.54) is 11.9 Å². The van der Waals surface area contributed by atoms with Crippen molar-refractivity contribution in [2.24, 2.45) is 0 Å². The number of nitrogens with one attached hydrogen (secondary N) is 1. The van der Waals surface area contributed by atoms with Crippen LogP contribution >= 0.6 is 0 Å². The molecule has 0 fully saturated rings. The highest BCUT2D eigenvalue weighted by atomic mass is 32.2. The van der Waals surface area contributed by atoms with Crippen molar-refractivity contribution in [1.82, 2.24) is 4.90 Å². The number of carbonyl (C=O) groups is 1. The van der Waals surface area contributed by atoms with Gasteiger partial charge in [0.15, 0.2) is 0 Å². The van der Waals surface area contributed by atoms with E-state index < -0.39 is 15.9 Å². The first-order valence-electron chi connectivity index (χ1n) is 6.17. The molecule has 2 N–H and O–H groups in total. The van der Waals surface area contributed by atoms with Crippen LogP contribution in [0.3, 0.4) is 0 Å². The number of hydrogen-bond donors (Lipinski definition) is 2. The van der Waals surface area contributed by atoms with Crippen molar-refractivity contribution in [2.75, 3.05) is 30.9 Å². The Kier molecular flexibility index (Phi) is 5.52. The molecule has 1 atom stereocenters. The third-order valence-corrected chi connectivity index (χ3v) is 3.71. The van der Waals surface area contributed by atoms with Crippen LogP contribution in [0.2, 0.25) is 0 Å². The molecule has 0 radical (unpaired) electrons. The lowest BCUT2D eigenvalue weighted by Gasteiger charge is -2.17. The molecule has 6 nitrogen and oxygen atoms in total. The van der Waals surface area contributed by atoms with Gasteiger partial charge in [-0.3, -0.25) is 0 Å². The molecule has 0 bridgehead atoms. The van der Waals surface area contributed by atoms with Crippen LogP contribution in [-0.2, 0) is 9.84 Å². The van der Waals surface area contributed by atoms with E-state index in [4.69, 9.17) is 0 Å². The lowest BCUT2D eigenvalue weighted by molar-refractivity contribution is 0.199. The van der Waals surface area contributed by atoms with E-state index in [1.54, 1.807) is 31.2 Å². The van der Waals surface area contributed by atoms with E-state index in [0.29, 0.717) is 5.69 Å². The van der Waals surface area contributed by atoms with Crippen molar-refractivity contribution in [3.05, 3.63) is 29.8 Å². The van der Waals surface area contributed by atoms with Crippen LogP contribution in [-0.4, -0.2) is 50.1 Å². The fraction of sp³-hybridized carbons (Fsp3) is 0.462. The van der Waals surface area contributed by atoms with Gasteiger partial charge in [-0.25, -0.2) is 13.2 Å². The van der Waals surface area contributed by atoms with Gasteiger partial charge in [0.05, 0.1) is 11.9 Å². The average Bonchev–Trinajstić information content (AvgIpc) is 2.35. The molecule has 0 heterocycles. The smallest absolute Gasteiger partial charge is 0.321 e. The van der Waals surface area contributed by atoms with Crippen molar-refractivity contribution in [3.8, 4) is 0 Å². The fourth-order valence-electron chi connectivity index (χ4n) is 1.47. The molecule has 0 aromatic heterocycles. The minimum absolute atomic E-state index is 0.0715. The molecule has 0 saturated carbocycles. The number of sulfone groups is 1. The summed E-state index contributed by atoms with van der Waals surface area (Å²) in [6, 6.07) is 6.43. The predicted octanol–water partition coefficient (Wildman–Crippen LogP) is 1.25. The number of rotatable bonds is 5. The molecular weight excluding hydrogens is 280 g/mol. The van der Waals surface area contributed by atoms with Gasteiger partial charge in [0.25, 0.3) is 0 Å². The van der Waals surface area contributed by atoms with Gasteiger partial charge in [-0.1, -0.05) is 12.1 Å². The van der Waals surface area contributed by atoms with Gasteiger partial charge < -0.3 is 15.3 Å². The number of aliphatic hydroxyl groups excluding tert-OH is 1. The molecule has 0 saturated heterocycles. The van der Waals surface area contributed by atoms with Crippen LogP contribution in [0.15, 0.2) is 24.3 Å². The summed E-state index contributed by atoms with van der Waals surface area (Å²) in [7, 11) is -1.56. The van der Waals surface area contributed by atoms with Crippen LogP contribution < -0.4 is 5.32 Å². The first kappa shape index (κ1) is 16.5. The average molecular weight is 300 g/mol. The maximum absolute atomic E-state index is 11.8. The van der Waals surface area contributed by atoms with Crippen molar-refractivity contribution >= 4 is 21.6 Å². The Morgan fingerprint density at radius 2 is 1.90 bits per heavy atom. The summed E-state index contributed by atoms with van der Waals surface area (Å²) in [4.78, 5) is 13.1. The zero-order valence-corrected chi connectivity index (χ0v) is 12.6. The standard InChI is InChI=1S/C13H20N2O4S/c1-10(16)11-4-6-12(7-5-11)14-13(17)15(2)8-9-20(3,18)19/h4-7,10,16H,8-9H2,1-3H3,(H,14,17). The van der Waals surface area contributed by atoms with Gasteiger partial charge in [-0.2, -0.15) is 0 Å². The molecule has 1 unspecified atom stereocenters. The molecule has 1 rings (SSSR count). The molecule has 2 amide bonds. The first-order chi connectivity index (χ1) is 9.19. The maximum atomic E-state index is 11.8. The third kappa shape index (κ3) is 5.58. The van der Waals surface area contributed by atoms with Crippen molar-refractivity contribution in [3.63, 3.8) is 0 Å². The van der Waals surface area contributed by atoms with E-state index in [-0.39, 0.29) is 18.3 Å². The summed E-state index contributed by atoms with van der Waals surface area (Å²) in [6.07, 6.45) is 0.574. The second kappa shape index (κ2) is 6.71. The zero-order valence-electron chi connectivity index (χ0n) is 11.8. The predicted molar refractivity (Wildman–Crippen MR) is 78.4 cm³/mol. The number of hydrogen-bond acceptors (Lipinski definition) is 4. The molecule has 112 valence electrons. The highest BCUT2D eigenvalue weighted by molar-refractivity contribution is 7.90. The Bertz CT molecular complexity index is 552. The minimum Gasteiger partial charge on any atom is -0.389 e. The molecule has 0 aliphatic heterocycles. The van der Waals surface area contributed by atoms with Gasteiger partial charge in [0, 0.05) is 25.5 Å². The summed E-state index contributed by atoms with van der Waals surface area (Å²) in [5.74, 6) is -0.0715. The number of aliphatic hydroxyl groups is 1.